The molecule has 0 N–H and O–H groups in total. The van der Waals surface area contributed by atoms with Crippen LogP contribution in [0.25, 0.3) is 15.6 Å². The van der Waals surface area contributed by atoms with Crippen molar-refractivity contribution in [3.05, 3.63) is 65.1 Å². The molecule has 0 aliphatic carbocycles. The van der Waals surface area contributed by atoms with Crippen LogP contribution in [0.15, 0.2) is 42.5 Å². The first-order valence-corrected chi connectivity index (χ1v) is 14.8. The van der Waals surface area contributed by atoms with Gasteiger partial charge in [-0.15, -0.1) is 0 Å². The summed E-state index contributed by atoms with van der Waals surface area (Å²) < 4.78 is 6.39. The van der Waals surface area contributed by atoms with E-state index in [-0.39, 0.29) is 0 Å². The molecule has 1 aromatic heterocycles. The number of piperidine rings is 1. The number of likely N-dealkylation sites (tertiary alicyclic amines) is 1. The number of nitrogens with zero attached hydrogens (tertiary/aromatic N) is 6. The van der Waals surface area contributed by atoms with E-state index in [1.165, 1.54) is 41.3 Å². The lowest BCUT2D eigenvalue weighted by Gasteiger charge is -2.36. The van der Waals surface area contributed by atoms with Crippen molar-refractivity contribution in [2.24, 2.45) is 5.92 Å². The molecule has 0 unspecified atom stereocenters. The smallest absolute Gasteiger partial charge is 0.318 e. The van der Waals surface area contributed by atoms with Crippen LogP contribution in [-0.2, 0) is 13.0 Å². The lowest BCUT2D eigenvalue weighted by Crippen LogP contribution is -2.40. The zero-order valence-corrected chi connectivity index (χ0v) is 23.2. The summed E-state index contributed by atoms with van der Waals surface area (Å²) in [7, 11) is 0. The van der Waals surface area contributed by atoms with E-state index < -0.39 is 0 Å². The highest BCUT2D eigenvalue weighted by Crippen LogP contribution is 2.35. The number of benzene rings is 2. The quantitative estimate of drug-likeness (QED) is 0.359. The summed E-state index contributed by atoms with van der Waals surface area (Å²) in [6, 6.07) is 16.2. The molecule has 2 atom stereocenters. The maximum Gasteiger partial charge on any atom is 0.318 e. The largest absolute Gasteiger partial charge is 0.462 e. The first-order valence-electron chi connectivity index (χ1n) is 14.8. The molecular formula is C32H40N6O. The van der Waals surface area contributed by atoms with Crippen LogP contribution in [0.3, 0.4) is 0 Å². The molecule has 3 aliphatic rings. The van der Waals surface area contributed by atoms with E-state index in [9.17, 15) is 0 Å². The van der Waals surface area contributed by atoms with Crippen molar-refractivity contribution in [3.63, 3.8) is 0 Å². The molecular weight excluding hydrogens is 484 g/mol. The molecule has 0 bridgehead atoms. The third-order valence-electron chi connectivity index (χ3n) is 8.71. The third-order valence-corrected chi connectivity index (χ3v) is 8.71. The monoisotopic (exact) mass is 524 g/mol. The minimum Gasteiger partial charge on any atom is -0.462 e. The van der Waals surface area contributed by atoms with Crippen molar-refractivity contribution in [3.8, 4) is 6.01 Å². The minimum atomic E-state index is 0.406. The Bertz CT molecular complexity index is 1330. The van der Waals surface area contributed by atoms with Gasteiger partial charge in [-0.05, 0) is 63.1 Å². The van der Waals surface area contributed by atoms with Gasteiger partial charge in [0.15, 0.2) is 0 Å². The molecule has 7 nitrogen and oxygen atoms in total. The highest BCUT2D eigenvalue weighted by molar-refractivity contribution is 5.94. The number of rotatable bonds is 8. The highest BCUT2D eigenvalue weighted by atomic mass is 16.5. The molecule has 4 heterocycles. The number of fused-ring (bicyclic) bond motifs is 2. The molecule has 7 heteroatoms. The van der Waals surface area contributed by atoms with E-state index in [4.69, 9.17) is 21.3 Å². The van der Waals surface area contributed by atoms with Crippen LogP contribution >= 0.6 is 0 Å². The predicted octanol–water partition coefficient (Wildman–Crippen LogP) is 5.58. The summed E-state index contributed by atoms with van der Waals surface area (Å²) >= 11 is 0. The Morgan fingerprint density at radius 1 is 1.00 bits per heavy atom. The van der Waals surface area contributed by atoms with Crippen molar-refractivity contribution in [1.82, 2.24) is 14.9 Å². The van der Waals surface area contributed by atoms with Gasteiger partial charge in [-0.3, -0.25) is 4.90 Å². The molecule has 3 aromatic rings. The second-order valence-corrected chi connectivity index (χ2v) is 11.4. The molecule has 0 spiro atoms. The lowest BCUT2D eigenvalue weighted by molar-refractivity contribution is 0.164. The van der Waals surface area contributed by atoms with Gasteiger partial charge in [0.25, 0.3) is 0 Å². The number of aromatic nitrogens is 2. The Hall–Kier alpha value is -3.37. The minimum absolute atomic E-state index is 0.406. The van der Waals surface area contributed by atoms with E-state index in [1.807, 2.05) is 0 Å². The summed E-state index contributed by atoms with van der Waals surface area (Å²) in [5.41, 5.74) is 3.60. The molecule has 2 fully saturated rings. The number of ether oxygens (including phenoxy) is 1. The molecule has 2 aromatic carbocycles. The van der Waals surface area contributed by atoms with Gasteiger partial charge in [0, 0.05) is 48.2 Å². The molecule has 3 aliphatic heterocycles. The van der Waals surface area contributed by atoms with Gasteiger partial charge < -0.3 is 19.4 Å². The van der Waals surface area contributed by atoms with Gasteiger partial charge in [-0.2, -0.15) is 9.97 Å². The van der Waals surface area contributed by atoms with Gasteiger partial charge in [-0.1, -0.05) is 43.3 Å². The Labute approximate surface area is 232 Å². The summed E-state index contributed by atoms with van der Waals surface area (Å²) in [5, 5.41) is 2.55. The number of anilines is 2. The summed E-state index contributed by atoms with van der Waals surface area (Å²) in [6.45, 7) is 16.7. The van der Waals surface area contributed by atoms with Crippen LogP contribution < -0.4 is 14.5 Å². The molecule has 39 heavy (non-hydrogen) atoms. The van der Waals surface area contributed by atoms with E-state index in [0.717, 1.165) is 70.0 Å². The van der Waals surface area contributed by atoms with Crippen molar-refractivity contribution in [2.75, 3.05) is 55.7 Å². The van der Waals surface area contributed by atoms with Crippen molar-refractivity contribution < 1.29 is 4.74 Å². The topological polar surface area (TPSA) is 49.1 Å². The van der Waals surface area contributed by atoms with Crippen LogP contribution in [0, 0.1) is 12.5 Å². The Kier molecular flexibility index (Phi) is 7.83. The van der Waals surface area contributed by atoms with Crippen LogP contribution in [0.4, 0.5) is 11.5 Å². The summed E-state index contributed by atoms with van der Waals surface area (Å²) in [6.07, 6.45) is 6.72. The summed E-state index contributed by atoms with van der Waals surface area (Å²) in [4.78, 5) is 21.3. The van der Waals surface area contributed by atoms with Crippen LogP contribution in [-0.4, -0.2) is 66.8 Å². The van der Waals surface area contributed by atoms with Crippen molar-refractivity contribution in [2.45, 2.75) is 58.0 Å². The zero-order chi connectivity index (χ0) is 26.6. The van der Waals surface area contributed by atoms with E-state index in [0.29, 0.717) is 31.1 Å². The highest BCUT2D eigenvalue weighted by Gasteiger charge is 2.31. The number of hydrogen-bond acceptors (Lipinski definition) is 6. The van der Waals surface area contributed by atoms with Crippen LogP contribution in [0.5, 0.6) is 6.01 Å². The third kappa shape index (κ3) is 5.53. The first kappa shape index (κ1) is 25.9. The second kappa shape index (κ2) is 11.8. The van der Waals surface area contributed by atoms with Gasteiger partial charge in [0.1, 0.15) is 12.4 Å². The predicted molar refractivity (Wildman–Crippen MR) is 158 cm³/mol. The van der Waals surface area contributed by atoms with Gasteiger partial charge in [0.2, 0.25) is 6.54 Å². The molecule has 0 amide bonds. The van der Waals surface area contributed by atoms with Crippen molar-refractivity contribution in [1.29, 1.82) is 0 Å². The lowest BCUT2D eigenvalue weighted by atomic mass is 9.96. The molecule has 204 valence electrons. The maximum absolute atomic E-state index is 7.39. The van der Waals surface area contributed by atoms with E-state index in [2.05, 4.69) is 68.9 Å². The Morgan fingerprint density at radius 3 is 2.77 bits per heavy atom. The standard InChI is InChI=1S/C32H40N6O/c1-3-16-36-17-8-12-26(36)23-39-32-34-29-22-37(30-14-6-11-25-10-4-5-13-27(25)30)19-15-28(29)31(35-32)38-18-7-9-24(21-38)20-33-2/h4-6,10-11,13-14,24,26H,3,7-9,12,15-23H2,1H3/t24-,26-/m0/s1. The van der Waals surface area contributed by atoms with E-state index in [1.54, 1.807) is 0 Å². The van der Waals surface area contributed by atoms with Gasteiger partial charge >= 0.3 is 6.01 Å². The van der Waals surface area contributed by atoms with Crippen LogP contribution in [0.1, 0.15) is 50.3 Å². The molecule has 0 saturated carbocycles. The Morgan fingerprint density at radius 2 is 1.87 bits per heavy atom. The first-order chi connectivity index (χ1) is 19.2. The average molecular weight is 525 g/mol. The fraction of sp³-hybridized carbons (Fsp3) is 0.531. The average Bonchev–Trinajstić information content (AvgIpc) is 3.42. The normalized spacial score (nSPS) is 21.6. The molecule has 2 saturated heterocycles. The van der Waals surface area contributed by atoms with E-state index >= 15 is 0 Å². The fourth-order valence-electron chi connectivity index (χ4n) is 6.78. The Balaban J connectivity index is 1.30. The SMILES string of the molecule is [C-]#[N+]C[C@@H]1CCCN(c2nc(OC[C@@H]3CCCN3CCC)nc3c2CCN(c2cccc4ccccc24)C3)C1. The maximum atomic E-state index is 7.39. The van der Waals surface area contributed by atoms with Crippen LogP contribution in [0.2, 0.25) is 0 Å². The summed E-state index contributed by atoms with van der Waals surface area (Å²) in [5.74, 6) is 1.45. The molecule has 0 radical (unpaired) electrons. The number of hydrogen-bond donors (Lipinski definition) is 0. The van der Waals surface area contributed by atoms with Crippen molar-refractivity contribution >= 4 is 22.3 Å². The van der Waals surface area contributed by atoms with Gasteiger partial charge in [-0.25, -0.2) is 6.57 Å². The second-order valence-electron chi connectivity index (χ2n) is 11.4. The van der Waals surface area contributed by atoms with Gasteiger partial charge in [0.05, 0.1) is 12.2 Å². The molecule has 6 rings (SSSR count). The zero-order valence-electron chi connectivity index (χ0n) is 23.2. The fourth-order valence-corrected chi connectivity index (χ4v) is 6.78.